The molecule has 0 fully saturated rings. The van der Waals surface area contributed by atoms with Gasteiger partial charge in [0.1, 0.15) is 6.54 Å². The molecule has 2 aromatic carbocycles. The molecule has 0 spiro atoms. The maximum absolute atomic E-state index is 12.5. The van der Waals surface area contributed by atoms with Crippen LogP contribution in [0.2, 0.25) is 0 Å². The van der Waals surface area contributed by atoms with E-state index >= 15 is 0 Å². The second-order valence-electron chi connectivity index (χ2n) is 7.12. The van der Waals surface area contributed by atoms with Crippen molar-refractivity contribution in [3.8, 4) is 0 Å². The molecule has 0 atom stereocenters. The molecule has 146 valence electrons. The van der Waals surface area contributed by atoms with E-state index in [9.17, 15) is 9.59 Å². The SMILES string of the molecule is Cc1c(Br)c2ccccc2n1CC(=O)NCc1ccc(NC(=O)C(C)C)cc1. The van der Waals surface area contributed by atoms with Gasteiger partial charge in [-0.3, -0.25) is 9.59 Å². The Morgan fingerprint density at radius 2 is 1.75 bits per heavy atom. The van der Waals surface area contributed by atoms with Gasteiger partial charge in [0.2, 0.25) is 11.8 Å². The van der Waals surface area contributed by atoms with Gasteiger partial charge in [0.25, 0.3) is 0 Å². The predicted octanol–water partition coefficient (Wildman–Crippen LogP) is 4.62. The first-order valence-electron chi connectivity index (χ1n) is 9.26. The molecule has 3 rings (SSSR count). The minimum Gasteiger partial charge on any atom is -0.350 e. The van der Waals surface area contributed by atoms with E-state index in [1.54, 1.807) is 0 Å². The summed E-state index contributed by atoms with van der Waals surface area (Å²) >= 11 is 3.62. The smallest absolute Gasteiger partial charge is 0.240 e. The van der Waals surface area contributed by atoms with Crippen molar-refractivity contribution in [1.29, 1.82) is 0 Å². The zero-order valence-corrected chi connectivity index (χ0v) is 17.8. The van der Waals surface area contributed by atoms with E-state index in [-0.39, 0.29) is 24.3 Å². The van der Waals surface area contributed by atoms with E-state index in [0.29, 0.717) is 6.54 Å². The molecular weight excluding hydrogens is 418 g/mol. The lowest BCUT2D eigenvalue weighted by Crippen LogP contribution is -2.27. The summed E-state index contributed by atoms with van der Waals surface area (Å²) in [7, 11) is 0. The van der Waals surface area contributed by atoms with Gasteiger partial charge >= 0.3 is 0 Å². The van der Waals surface area contributed by atoms with Crippen LogP contribution in [0.4, 0.5) is 5.69 Å². The molecule has 0 radical (unpaired) electrons. The number of para-hydroxylation sites is 1. The van der Waals surface area contributed by atoms with Crippen LogP contribution < -0.4 is 10.6 Å². The van der Waals surface area contributed by atoms with Gasteiger partial charge in [0.15, 0.2) is 0 Å². The van der Waals surface area contributed by atoms with Gasteiger partial charge in [-0.1, -0.05) is 44.2 Å². The van der Waals surface area contributed by atoms with Gasteiger partial charge in [0.05, 0.1) is 0 Å². The summed E-state index contributed by atoms with van der Waals surface area (Å²) in [6, 6.07) is 15.5. The highest BCUT2D eigenvalue weighted by Crippen LogP contribution is 2.30. The highest BCUT2D eigenvalue weighted by atomic mass is 79.9. The number of anilines is 1. The molecule has 0 aliphatic rings. The number of nitrogens with one attached hydrogen (secondary N) is 2. The second-order valence-corrected chi connectivity index (χ2v) is 7.91. The van der Waals surface area contributed by atoms with Crippen molar-refractivity contribution in [2.45, 2.75) is 33.9 Å². The van der Waals surface area contributed by atoms with E-state index in [0.717, 1.165) is 32.3 Å². The summed E-state index contributed by atoms with van der Waals surface area (Å²) in [5, 5.41) is 6.93. The molecular formula is C22H24BrN3O2. The average Bonchev–Trinajstić information content (AvgIpc) is 2.92. The fourth-order valence-electron chi connectivity index (χ4n) is 2.99. The topological polar surface area (TPSA) is 63.1 Å². The summed E-state index contributed by atoms with van der Waals surface area (Å²) in [6.07, 6.45) is 0. The van der Waals surface area contributed by atoms with E-state index < -0.39 is 0 Å². The van der Waals surface area contributed by atoms with Crippen LogP contribution in [0, 0.1) is 12.8 Å². The molecule has 0 aliphatic heterocycles. The summed E-state index contributed by atoms with van der Waals surface area (Å²) in [6.45, 7) is 6.42. The molecule has 0 saturated carbocycles. The highest BCUT2D eigenvalue weighted by Gasteiger charge is 2.14. The maximum atomic E-state index is 12.5. The van der Waals surface area contributed by atoms with Gasteiger partial charge in [-0.15, -0.1) is 0 Å². The van der Waals surface area contributed by atoms with Crippen LogP contribution in [-0.4, -0.2) is 16.4 Å². The number of halogens is 1. The lowest BCUT2D eigenvalue weighted by Gasteiger charge is -2.11. The van der Waals surface area contributed by atoms with Crippen molar-refractivity contribution in [3.05, 3.63) is 64.3 Å². The number of amides is 2. The largest absolute Gasteiger partial charge is 0.350 e. The molecule has 0 aliphatic carbocycles. The molecule has 1 aromatic heterocycles. The minimum absolute atomic E-state index is 0.0125. The number of hydrogen-bond acceptors (Lipinski definition) is 2. The number of carbonyl (C=O) groups excluding carboxylic acids is 2. The van der Waals surface area contributed by atoms with Crippen LogP contribution in [-0.2, 0) is 22.7 Å². The second kappa shape index (κ2) is 8.61. The lowest BCUT2D eigenvalue weighted by atomic mass is 10.1. The summed E-state index contributed by atoms with van der Waals surface area (Å²) in [5.41, 5.74) is 3.80. The number of aromatic nitrogens is 1. The van der Waals surface area contributed by atoms with Gasteiger partial charge < -0.3 is 15.2 Å². The normalized spacial score (nSPS) is 11.0. The summed E-state index contributed by atoms with van der Waals surface area (Å²) in [5.74, 6) is -0.123. The fourth-order valence-corrected chi connectivity index (χ4v) is 3.53. The molecule has 3 aromatic rings. The van der Waals surface area contributed by atoms with E-state index in [4.69, 9.17) is 0 Å². The number of hydrogen-bond donors (Lipinski definition) is 2. The number of rotatable bonds is 6. The number of benzene rings is 2. The first kappa shape index (κ1) is 20.1. The monoisotopic (exact) mass is 441 g/mol. The van der Waals surface area contributed by atoms with Crippen molar-refractivity contribution in [3.63, 3.8) is 0 Å². The first-order chi connectivity index (χ1) is 13.4. The average molecular weight is 442 g/mol. The van der Waals surface area contributed by atoms with Crippen LogP contribution in [0.15, 0.2) is 53.0 Å². The number of nitrogens with zero attached hydrogens (tertiary/aromatic N) is 1. The molecule has 1 heterocycles. The molecule has 0 bridgehead atoms. The lowest BCUT2D eigenvalue weighted by molar-refractivity contribution is -0.122. The van der Waals surface area contributed by atoms with Crippen LogP contribution in [0.5, 0.6) is 0 Å². The van der Waals surface area contributed by atoms with Crippen LogP contribution >= 0.6 is 15.9 Å². The van der Waals surface area contributed by atoms with Crippen molar-refractivity contribution >= 4 is 44.3 Å². The third kappa shape index (κ3) is 4.44. The van der Waals surface area contributed by atoms with Crippen LogP contribution in [0.1, 0.15) is 25.1 Å². The fraction of sp³-hybridized carbons (Fsp3) is 0.273. The Kier molecular flexibility index (Phi) is 6.19. The molecule has 6 heteroatoms. The Bertz CT molecular complexity index is 1010. The molecule has 2 N–H and O–H groups in total. The summed E-state index contributed by atoms with van der Waals surface area (Å²) < 4.78 is 3.04. The Labute approximate surface area is 173 Å². The van der Waals surface area contributed by atoms with E-state index in [1.165, 1.54) is 0 Å². The Balaban J connectivity index is 1.61. The molecule has 28 heavy (non-hydrogen) atoms. The summed E-state index contributed by atoms with van der Waals surface area (Å²) in [4.78, 5) is 24.2. The third-order valence-electron chi connectivity index (χ3n) is 4.69. The number of fused-ring (bicyclic) bond motifs is 1. The van der Waals surface area contributed by atoms with E-state index in [1.807, 2.05) is 73.9 Å². The van der Waals surface area contributed by atoms with Gasteiger partial charge in [-0.05, 0) is 46.6 Å². The Hall–Kier alpha value is -2.60. The zero-order chi connectivity index (χ0) is 20.3. The van der Waals surface area contributed by atoms with Gasteiger partial charge in [0, 0.05) is 39.2 Å². The molecule has 0 unspecified atom stereocenters. The quantitative estimate of drug-likeness (QED) is 0.585. The Morgan fingerprint density at radius 3 is 2.43 bits per heavy atom. The molecule has 0 saturated heterocycles. The highest BCUT2D eigenvalue weighted by molar-refractivity contribution is 9.10. The molecule has 2 amide bonds. The first-order valence-corrected chi connectivity index (χ1v) is 10.1. The van der Waals surface area contributed by atoms with Crippen molar-refractivity contribution < 1.29 is 9.59 Å². The third-order valence-corrected chi connectivity index (χ3v) is 5.69. The van der Waals surface area contributed by atoms with Crippen molar-refractivity contribution in [2.24, 2.45) is 5.92 Å². The van der Waals surface area contributed by atoms with E-state index in [2.05, 4.69) is 26.6 Å². The van der Waals surface area contributed by atoms with Gasteiger partial charge in [-0.2, -0.15) is 0 Å². The van der Waals surface area contributed by atoms with Crippen molar-refractivity contribution in [2.75, 3.05) is 5.32 Å². The standard InChI is InChI=1S/C22H24BrN3O2/c1-14(2)22(28)25-17-10-8-16(9-11-17)12-24-20(27)13-26-15(3)21(23)18-6-4-5-7-19(18)26/h4-11,14H,12-13H2,1-3H3,(H,24,27)(H,25,28). The van der Waals surface area contributed by atoms with Crippen molar-refractivity contribution in [1.82, 2.24) is 9.88 Å². The molecule has 5 nitrogen and oxygen atoms in total. The minimum atomic E-state index is -0.0628. The number of carbonyl (C=O) groups is 2. The van der Waals surface area contributed by atoms with Gasteiger partial charge in [-0.25, -0.2) is 0 Å². The Morgan fingerprint density at radius 1 is 1.07 bits per heavy atom. The van der Waals surface area contributed by atoms with Crippen LogP contribution in [0.3, 0.4) is 0 Å². The zero-order valence-electron chi connectivity index (χ0n) is 16.3. The maximum Gasteiger partial charge on any atom is 0.240 e. The predicted molar refractivity (Wildman–Crippen MR) is 116 cm³/mol. The van der Waals surface area contributed by atoms with Crippen LogP contribution in [0.25, 0.3) is 10.9 Å².